The SMILES string of the molecule is CCC(C(=O)NC1CCCCC1)N(CCc1ccccc1)C(=O)CCc1ccc2c(c1)OCCO2. The number of ether oxygens (including phenoxy) is 2. The molecule has 4 rings (SSSR count). The number of carbonyl (C=O) groups excluding carboxylic acids is 2. The highest BCUT2D eigenvalue weighted by Gasteiger charge is 2.29. The Kier molecular flexibility index (Phi) is 9.04. The molecule has 1 N–H and O–H groups in total. The Balaban J connectivity index is 1.43. The molecule has 2 aromatic carbocycles. The first kappa shape index (κ1) is 25.1. The second-order valence-corrected chi connectivity index (χ2v) is 9.57. The molecule has 6 heteroatoms. The Labute approximate surface area is 209 Å². The quantitative estimate of drug-likeness (QED) is 0.538. The molecule has 6 nitrogen and oxygen atoms in total. The molecule has 1 atom stereocenters. The van der Waals surface area contributed by atoms with E-state index >= 15 is 0 Å². The highest BCUT2D eigenvalue weighted by Crippen LogP contribution is 2.31. The molecule has 0 spiro atoms. The first-order chi connectivity index (χ1) is 17.1. The fourth-order valence-corrected chi connectivity index (χ4v) is 5.08. The summed E-state index contributed by atoms with van der Waals surface area (Å²) >= 11 is 0. The van der Waals surface area contributed by atoms with Gasteiger partial charge in [0.1, 0.15) is 19.3 Å². The van der Waals surface area contributed by atoms with Gasteiger partial charge in [-0.1, -0.05) is 62.6 Å². The van der Waals surface area contributed by atoms with Gasteiger partial charge in [0, 0.05) is 19.0 Å². The smallest absolute Gasteiger partial charge is 0.243 e. The van der Waals surface area contributed by atoms with Crippen LogP contribution in [0.15, 0.2) is 48.5 Å². The van der Waals surface area contributed by atoms with Crippen molar-refractivity contribution in [1.29, 1.82) is 0 Å². The molecule has 1 aliphatic heterocycles. The molecule has 35 heavy (non-hydrogen) atoms. The second kappa shape index (κ2) is 12.6. The van der Waals surface area contributed by atoms with Crippen molar-refractivity contribution in [3.05, 3.63) is 59.7 Å². The van der Waals surface area contributed by atoms with Crippen LogP contribution in [-0.2, 0) is 22.4 Å². The van der Waals surface area contributed by atoms with Gasteiger partial charge in [0.15, 0.2) is 11.5 Å². The van der Waals surface area contributed by atoms with Gasteiger partial charge in [-0.15, -0.1) is 0 Å². The van der Waals surface area contributed by atoms with Gasteiger partial charge in [-0.2, -0.15) is 0 Å². The molecule has 188 valence electrons. The fraction of sp³-hybridized carbons (Fsp3) is 0.517. The van der Waals surface area contributed by atoms with Crippen molar-refractivity contribution >= 4 is 11.8 Å². The molecule has 1 saturated carbocycles. The van der Waals surface area contributed by atoms with Crippen molar-refractivity contribution in [3.8, 4) is 11.5 Å². The Morgan fingerprint density at radius 3 is 2.43 bits per heavy atom. The Bertz CT molecular complexity index is 972. The summed E-state index contributed by atoms with van der Waals surface area (Å²) in [7, 11) is 0. The van der Waals surface area contributed by atoms with Crippen LogP contribution in [0.1, 0.15) is 63.0 Å². The highest BCUT2D eigenvalue weighted by molar-refractivity contribution is 5.88. The lowest BCUT2D eigenvalue weighted by Gasteiger charge is -2.33. The summed E-state index contributed by atoms with van der Waals surface area (Å²) in [6, 6.07) is 15.8. The molecule has 0 saturated heterocycles. The number of rotatable bonds is 10. The van der Waals surface area contributed by atoms with Crippen LogP contribution in [0.5, 0.6) is 11.5 Å². The van der Waals surface area contributed by atoms with Gasteiger partial charge in [0.2, 0.25) is 11.8 Å². The average Bonchev–Trinajstić information content (AvgIpc) is 2.90. The number of benzene rings is 2. The van der Waals surface area contributed by atoms with Gasteiger partial charge in [0.25, 0.3) is 0 Å². The topological polar surface area (TPSA) is 67.9 Å². The van der Waals surface area contributed by atoms with Gasteiger partial charge >= 0.3 is 0 Å². The minimum absolute atomic E-state index is 0.0138. The monoisotopic (exact) mass is 478 g/mol. The van der Waals surface area contributed by atoms with E-state index in [0.717, 1.165) is 49.2 Å². The third-order valence-corrected chi connectivity index (χ3v) is 7.06. The van der Waals surface area contributed by atoms with E-state index in [-0.39, 0.29) is 17.9 Å². The third-order valence-electron chi connectivity index (χ3n) is 7.06. The first-order valence-electron chi connectivity index (χ1n) is 13.2. The molecule has 2 aliphatic rings. The maximum absolute atomic E-state index is 13.5. The molecule has 2 aromatic rings. The van der Waals surface area contributed by atoms with Crippen LogP contribution in [0, 0.1) is 0 Å². The van der Waals surface area contributed by atoms with Crippen LogP contribution in [0.3, 0.4) is 0 Å². The van der Waals surface area contributed by atoms with Gasteiger partial charge in [-0.25, -0.2) is 0 Å². The Morgan fingerprint density at radius 1 is 0.943 bits per heavy atom. The van der Waals surface area contributed by atoms with Crippen LogP contribution in [-0.4, -0.2) is 48.6 Å². The number of hydrogen-bond donors (Lipinski definition) is 1. The summed E-state index contributed by atoms with van der Waals surface area (Å²) in [6.07, 6.45) is 7.90. The number of hydrogen-bond acceptors (Lipinski definition) is 4. The number of nitrogens with one attached hydrogen (secondary N) is 1. The van der Waals surface area contributed by atoms with Crippen molar-refractivity contribution in [1.82, 2.24) is 10.2 Å². The lowest BCUT2D eigenvalue weighted by atomic mass is 9.95. The minimum atomic E-state index is -0.451. The predicted octanol–water partition coefficient (Wildman–Crippen LogP) is 4.69. The zero-order valence-electron chi connectivity index (χ0n) is 20.8. The highest BCUT2D eigenvalue weighted by atomic mass is 16.6. The second-order valence-electron chi connectivity index (χ2n) is 9.57. The van der Waals surface area contributed by atoms with Crippen molar-refractivity contribution in [3.63, 3.8) is 0 Å². The molecule has 0 radical (unpaired) electrons. The molecule has 1 unspecified atom stereocenters. The van der Waals surface area contributed by atoms with Crippen molar-refractivity contribution in [2.75, 3.05) is 19.8 Å². The number of aryl methyl sites for hydroxylation is 1. The van der Waals surface area contributed by atoms with E-state index in [9.17, 15) is 9.59 Å². The summed E-state index contributed by atoms with van der Waals surface area (Å²) < 4.78 is 11.3. The molecule has 0 aromatic heterocycles. The largest absolute Gasteiger partial charge is 0.486 e. The molecular weight excluding hydrogens is 440 g/mol. The van der Waals surface area contributed by atoms with Crippen molar-refractivity contribution in [2.45, 2.75) is 76.8 Å². The molecule has 2 amide bonds. The lowest BCUT2D eigenvalue weighted by molar-refractivity contribution is -0.141. The van der Waals surface area contributed by atoms with E-state index in [2.05, 4.69) is 17.4 Å². The standard InChI is InChI=1S/C29H38N2O4/c1-2-25(29(33)30-24-11-7-4-8-12-24)31(18-17-22-9-5-3-6-10-22)28(32)16-14-23-13-15-26-27(21-23)35-20-19-34-26/h3,5-6,9-10,13,15,21,24-25H,2,4,7-8,11-12,14,16-20H2,1H3,(H,30,33). The van der Waals surface area contributed by atoms with E-state index in [1.165, 1.54) is 12.0 Å². The van der Waals surface area contributed by atoms with Crippen molar-refractivity contribution < 1.29 is 19.1 Å². The summed E-state index contributed by atoms with van der Waals surface area (Å²) in [5, 5.41) is 3.25. The van der Waals surface area contributed by atoms with Crippen LogP contribution >= 0.6 is 0 Å². The Morgan fingerprint density at radius 2 is 1.69 bits per heavy atom. The predicted molar refractivity (Wildman–Crippen MR) is 137 cm³/mol. The summed E-state index contributed by atoms with van der Waals surface area (Å²) in [4.78, 5) is 28.6. The number of amides is 2. The lowest BCUT2D eigenvalue weighted by Crippen LogP contribution is -2.52. The Hall–Kier alpha value is -3.02. The van der Waals surface area contributed by atoms with Crippen LogP contribution in [0.4, 0.5) is 0 Å². The van der Waals surface area contributed by atoms with E-state index in [1.54, 1.807) is 0 Å². The van der Waals surface area contributed by atoms with Gasteiger partial charge in [0.05, 0.1) is 0 Å². The summed E-state index contributed by atoms with van der Waals surface area (Å²) in [6.45, 7) is 3.62. The van der Waals surface area contributed by atoms with E-state index in [4.69, 9.17) is 9.47 Å². The first-order valence-corrected chi connectivity index (χ1v) is 13.2. The van der Waals surface area contributed by atoms with Gasteiger partial charge in [-0.05, 0) is 55.4 Å². The molecule has 1 fully saturated rings. The normalized spacial score (nSPS) is 16.4. The maximum Gasteiger partial charge on any atom is 0.243 e. The summed E-state index contributed by atoms with van der Waals surface area (Å²) in [5.41, 5.74) is 2.20. The average molecular weight is 479 g/mol. The van der Waals surface area contributed by atoms with Crippen LogP contribution in [0.25, 0.3) is 0 Å². The zero-order valence-corrected chi connectivity index (χ0v) is 20.8. The van der Waals surface area contributed by atoms with E-state index in [0.29, 0.717) is 39.0 Å². The molecule has 1 aliphatic carbocycles. The molecule has 0 bridgehead atoms. The van der Waals surface area contributed by atoms with Crippen LogP contribution in [0.2, 0.25) is 0 Å². The third kappa shape index (κ3) is 7.00. The number of fused-ring (bicyclic) bond motifs is 1. The molecular formula is C29H38N2O4. The van der Waals surface area contributed by atoms with Gasteiger partial charge < -0.3 is 19.7 Å². The van der Waals surface area contributed by atoms with E-state index < -0.39 is 6.04 Å². The number of nitrogens with zero attached hydrogens (tertiary/aromatic N) is 1. The number of carbonyl (C=O) groups is 2. The fourth-order valence-electron chi connectivity index (χ4n) is 5.08. The van der Waals surface area contributed by atoms with E-state index in [1.807, 2.05) is 48.2 Å². The maximum atomic E-state index is 13.5. The zero-order chi connectivity index (χ0) is 24.5. The van der Waals surface area contributed by atoms with Crippen LogP contribution < -0.4 is 14.8 Å². The minimum Gasteiger partial charge on any atom is -0.486 e. The van der Waals surface area contributed by atoms with Crippen molar-refractivity contribution in [2.24, 2.45) is 0 Å². The summed E-state index contributed by atoms with van der Waals surface area (Å²) in [5.74, 6) is 1.49. The molecule has 1 heterocycles. The van der Waals surface area contributed by atoms with Gasteiger partial charge in [-0.3, -0.25) is 9.59 Å².